The van der Waals surface area contributed by atoms with Crippen LogP contribution in [-0.2, 0) is 12.8 Å². The molecule has 1 aromatic heterocycles. The maximum atomic E-state index is 9.58. The average molecular weight is 312 g/mol. The first-order valence-corrected chi connectivity index (χ1v) is 7.96. The van der Waals surface area contributed by atoms with Crippen LogP contribution in [0.25, 0.3) is 0 Å². The van der Waals surface area contributed by atoms with Crippen LogP contribution in [0.5, 0.6) is 0 Å². The third-order valence-corrected chi connectivity index (χ3v) is 4.75. The van der Waals surface area contributed by atoms with E-state index in [0.29, 0.717) is 17.2 Å². The summed E-state index contributed by atoms with van der Waals surface area (Å²) in [5.74, 6) is -0.574. The van der Waals surface area contributed by atoms with Crippen molar-refractivity contribution >= 4 is 0 Å². The number of rotatable bonds is 2. The molecular formula is C20H16N4. The van der Waals surface area contributed by atoms with Crippen molar-refractivity contribution in [1.82, 2.24) is 4.98 Å². The number of aromatic nitrogens is 1. The van der Waals surface area contributed by atoms with Gasteiger partial charge in [0.05, 0.1) is 23.4 Å². The van der Waals surface area contributed by atoms with Crippen molar-refractivity contribution in [2.24, 2.45) is 0 Å². The van der Waals surface area contributed by atoms with Crippen molar-refractivity contribution in [1.29, 1.82) is 15.8 Å². The van der Waals surface area contributed by atoms with E-state index in [-0.39, 0.29) is 0 Å². The van der Waals surface area contributed by atoms with E-state index < -0.39 is 5.92 Å². The number of hydrogen-bond acceptors (Lipinski definition) is 4. The van der Waals surface area contributed by atoms with Gasteiger partial charge in [-0.1, -0.05) is 30.3 Å². The molecule has 0 fully saturated rings. The highest BCUT2D eigenvalue weighted by Crippen LogP contribution is 2.37. The Morgan fingerprint density at radius 3 is 2.42 bits per heavy atom. The Kier molecular flexibility index (Phi) is 4.28. The minimum absolute atomic E-state index is 0.317. The Morgan fingerprint density at radius 2 is 1.79 bits per heavy atom. The molecule has 0 saturated heterocycles. The van der Waals surface area contributed by atoms with Crippen LogP contribution in [0.2, 0.25) is 0 Å². The molecule has 1 heterocycles. The lowest BCUT2D eigenvalue weighted by Crippen LogP contribution is -2.18. The van der Waals surface area contributed by atoms with Gasteiger partial charge in [0.1, 0.15) is 6.07 Å². The monoisotopic (exact) mass is 312 g/mol. The fourth-order valence-electron chi connectivity index (χ4n) is 3.54. The molecule has 0 spiro atoms. The fraction of sp³-hybridized carbons (Fsp3) is 0.300. The zero-order chi connectivity index (χ0) is 17.1. The molecule has 0 N–H and O–H groups in total. The van der Waals surface area contributed by atoms with Crippen LogP contribution < -0.4 is 0 Å². The summed E-state index contributed by atoms with van der Waals surface area (Å²) < 4.78 is 0. The zero-order valence-corrected chi connectivity index (χ0v) is 13.5. The van der Waals surface area contributed by atoms with E-state index in [9.17, 15) is 5.26 Å². The van der Waals surface area contributed by atoms with Crippen molar-refractivity contribution in [3.63, 3.8) is 0 Å². The maximum absolute atomic E-state index is 9.58. The van der Waals surface area contributed by atoms with Crippen molar-refractivity contribution < 1.29 is 0 Å². The molecule has 2 aromatic rings. The van der Waals surface area contributed by atoms with Crippen molar-refractivity contribution in [2.45, 2.75) is 38.0 Å². The third kappa shape index (κ3) is 2.62. The summed E-state index contributed by atoms with van der Waals surface area (Å²) in [5, 5.41) is 27.9. The lowest BCUT2D eigenvalue weighted by Gasteiger charge is -2.27. The van der Waals surface area contributed by atoms with Gasteiger partial charge in [0, 0.05) is 5.69 Å². The molecule has 0 amide bonds. The lowest BCUT2D eigenvalue weighted by molar-refractivity contribution is 0.577. The van der Waals surface area contributed by atoms with Crippen molar-refractivity contribution in [3.8, 4) is 18.2 Å². The van der Waals surface area contributed by atoms with E-state index in [1.807, 2.05) is 37.3 Å². The Labute approximate surface area is 141 Å². The first kappa shape index (κ1) is 15.7. The predicted molar refractivity (Wildman–Crippen MR) is 88.9 cm³/mol. The Morgan fingerprint density at radius 1 is 1.08 bits per heavy atom. The van der Waals surface area contributed by atoms with E-state index in [1.165, 1.54) is 5.56 Å². The highest BCUT2D eigenvalue weighted by molar-refractivity contribution is 5.52. The molecule has 4 heteroatoms. The molecule has 1 unspecified atom stereocenters. The minimum Gasteiger partial charge on any atom is -0.254 e. The molecule has 24 heavy (non-hydrogen) atoms. The van der Waals surface area contributed by atoms with E-state index in [0.717, 1.165) is 36.1 Å². The van der Waals surface area contributed by atoms with Gasteiger partial charge in [-0.15, -0.1) is 0 Å². The summed E-state index contributed by atoms with van der Waals surface area (Å²) in [6.07, 6.45) is 2.58. The molecule has 0 bridgehead atoms. The number of pyridine rings is 1. The molecule has 0 radical (unpaired) electrons. The summed E-state index contributed by atoms with van der Waals surface area (Å²) in [5.41, 5.74) is 4.95. The average Bonchev–Trinajstić information content (AvgIpc) is 2.63. The molecule has 0 saturated carbocycles. The highest BCUT2D eigenvalue weighted by Gasteiger charge is 2.28. The van der Waals surface area contributed by atoms with Crippen molar-refractivity contribution in [2.75, 3.05) is 0 Å². The summed E-state index contributed by atoms with van der Waals surface area (Å²) in [7, 11) is 0. The standard InChI is InChI=1S/C20H16N4/c1-13-18-9-15(14-5-3-2-4-6-14)7-8-17(18)19(12-23)20(24-13)16(10-21)11-22/h2-6,15-16H,7-9H2,1H3. The summed E-state index contributed by atoms with van der Waals surface area (Å²) >= 11 is 0. The second kappa shape index (κ2) is 6.53. The van der Waals surface area contributed by atoms with E-state index in [1.54, 1.807) is 0 Å². The smallest absolute Gasteiger partial charge is 0.176 e. The van der Waals surface area contributed by atoms with Crippen molar-refractivity contribution in [3.05, 3.63) is 64.0 Å². The Bertz CT molecular complexity index is 880. The first-order valence-electron chi connectivity index (χ1n) is 7.96. The SMILES string of the molecule is Cc1nc(C(C#N)C#N)c(C#N)c2c1CC(c1ccccc1)CC2. The normalized spacial score (nSPS) is 15.9. The molecule has 0 aliphatic heterocycles. The van der Waals surface area contributed by atoms with E-state index in [2.05, 4.69) is 23.2 Å². The van der Waals surface area contributed by atoms with E-state index >= 15 is 0 Å². The number of hydrogen-bond donors (Lipinski definition) is 0. The number of fused-ring (bicyclic) bond motifs is 1. The van der Waals surface area contributed by atoms with Crippen LogP contribution in [0.1, 0.15) is 51.9 Å². The zero-order valence-electron chi connectivity index (χ0n) is 13.5. The van der Waals surface area contributed by atoms with Crippen LogP contribution in [0.15, 0.2) is 30.3 Å². The molecule has 3 rings (SSSR count). The van der Waals surface area contributed by atoms with Crippen LogP contribution >= 0.6 is 0 Å². The number of nitriles is 3. The number of aryl methyl sites for hydroxylation is 1. The topological polar surface area (TPSA) is 84.3 Å². The molecule has 1 aliphatic rings. The van der Waals surface area contributed by atoms with Crippen LogP contribution in [0.3, 0.4) is 0 Å². The predicted octanol–water partition coefficient (Wildman–Crippen LogP) is 3.66. The van der Waals surface area contributed by atoms with Gasteiger partial charge in [-0.3, -0.25) is 4.98 Å². The summed E-state index contributed by atoms with van der Waals surface area (Å²) in [4.78, 5) is 4.46. The first-order chi connectivity index (χ1) is 11.7. The maximum Gasteiger partial charge on any atom is 0.176 e. The van der Waals surface area contributed by atoms with Crippen LogP contribution in [-0.4, -0.2) is 4.98 Å². The van der Waals surface area contributed by atoms with Crippen LogP contribution in [0.4, 0.5) is 0 Å². The molecular weight excluding hydrogens is 296 g/mol. The van der Waals surface area contributed by atoms with Gasteiger partial charge >= 0.3 is 0 Å². The summed E-state index contributed by atoms with van der Waals surface area (Å²) in [6, 6.07) is 16.4. The van der Waals surface area contributed by atoms with Gasteiger partial charge in [0.25, 0.3) is 0 Å². The van der Waals surface area contributed by atoms with Crippen LogP contribution in [0, 0.1) is 40.9 Å². The Balaban J connectivity index is 2.07. The largest absolute Gasteiger partial charge is 0.254 e. The van der Waals surface area contributed by atoms with E-state index in [4.69, 9.17) is 10.5 Å². The third-order valence-electron chi connectivity index (χ3n) is 4.75. The molecule has 1 aromatic carbocycles. The highest BCUT2D eigenvalue weighted by atomic mass is 14.7. The van der Waals surface area contributed by atoms with Gasteiger partial charge in [-0.25, -0.2) is 0 Å². The second-order valence-corrected chi connectivity index (χ2v) is 6.07. The van der Waals surface area contributed by atoms with Gasteiger partial charge < -0.3 is 0 Å². The number of nitrogens with zero attached hydrogens (tertiary/aromatic N) is 4. The molecule has 1 aliphatic carbocycles. The number of benzene rings is 1. The van der Waals surface area contributed by atoms with Gasteiger partial charge in [0.15, 0.2) is 5.92 Å². The Hall–Kier alpha value is -3.16. The summed E-state index contributed by atoms with van der Waals surface area (Å²) in [6.45, 7) is 1.91. The lowest BCUT2D eigenvalue weighted by atomic mass is 9.77. The molecule has 1 atom stereocenters. The molecule has 116 valence electrons. The van der Waals surface area contributed by atoms with Gasteiger partial charge in [-0.05, 0) is 48.8 Å². The fourth-order valence-corrected chi connectivity index (χ4v) is 3.54. The van der Waals surface area contributed by atoms with Gasteiger partial charge in [0.2, 0.25) is 0 Å². The van der Waals surface area contributed by atoms with Gasteiger partial charge in [-0.2, -0.15) is 15.8 Å². The minimum atomic E-state index is -0.990. The quantitative estimate of drug-likeness (QED) is 0.847. The molecule has 4 nitrogen and oxygen atoms in total. The second-order valence-electron chi connectivity index (χ2n) is 6.07.